The number of benzene rings is 1. The summed E-state index contributed by atoms with van der Waals surface area (Å²) < 4.78 is 0. The molecule has 1 aromatic carbocycles. The van der Waals surface area contributed by atoms with Crippen molar-refractivity contribution in [3.8, 4) is 0 Å². The van der Waals surface area contributed by atoms with Crippen LogP contribution in [0, 0.1) is 5.92 Å². The normalized spacial score (nSPS) is 14.9. The first-order valence-electron chi connectivity index (χ1n) is 6.21. The van der Waals surface area contributed by atoms with Crippen LogP contribution in [0.15, 0.2) is 29.2 Å². The van der Waals surface area contributed by atoms with Crippen LogP contribution in [0.3, 0.4) is 0 Å². The molecular formula is C14H23NOS. The molecule has 0 heterocycles. The van der Waals surface area contributed by atoms with Crippen LogP contribution >= 0.6 is 11.8 Å². The fourth-order valence-corrected chi connectivity index (χ4v) is 2.65. The standard InChI is InChI=1S/C14H23NOS/c1-4-11(9-16)14(15)12-5-7-13(8-6-12)17-10(2)3/h5-8,10-11,14,16H,4,9,15H2,1-3H3. The van der Waals surface area contributed by atoms with Gasteiger partial charge >= 0.3 is 0 Å². The van der Waals surface area contributed by atoms with Gasteiger partial charge in [0.2, 0.25) is 0 Å². The van der Waals surface area contributed by atoms with Gasteiger partial charge in [0, 0.05) is 28.7 Å². The maximum Gasteiger partial charge on any atom is 0.0477 e. The number of hydrogen-bond donors (Lipinski definition) is 2. The van der Waals surface area contributed by atoms with Crippen molar-refractivity contribution in [2.75, 3.05) is 6.61 Å². The second-order valence-corrected chi connectivity index (χ2v) is 6.26. The lowest BCUT2D eigenvalue weighted by atomic mass is 9.92. The minimum absolute atomic E-state index is 0.0666. The summed E-state index contributed by atoms with van der Waals surface area (Å²) in [7, 11) is 0. The number of hydrogen-bond acceptors (Lipinski definition) is 3. The molecule has 17 heavy (non-hydrogen) atoms. The van der Waals surface area contributed by atoms with Crippen LogP contribution in [0.4, 0.5) is 0 Å². The molecule has 0 aliphatic heterocycles. The van der Waals surface area contributed by atoms with E-state index in [0.29, 0.717) is 5.25 Å². The van der Waals surface area contributed by atoms with Crippen molar-refractivity contribution >= 4 is 11.8 Å². The topological polar surface area (TPSA) is 46.2 Å². The summed E-state index contributed by atoms with van der Waals surface area (Å²) in [6.07, 6.45) is 0.903. The van der Waals surface area contributed by atoms with Crippen molar-refractivity contribution in [1.82, 2.24) is 0 Å². The number of nitrogens with two attached hydrogens (primary N) is 1. The van der Waals surface area contributed by atoms with E-state index in [4.69, 9.17) is 5.73 Å². The molecular weight excluding hydrogens is 230 g/mol. The van der Waals surface area contributed by atoms with Crippen LogP contribution in [0.5, 0.6) is 0 Å². The Balaban J connectivity index is 2.72. The van der Waals surface area contributed by atoms with E-state index >= 15 is 0 Å². The average Bonchev–Trinajstić information content (AvgIpc) is 2.30. The highest BCUT2D eigenvalue weighted by molar-refractivity contribution is 7.99. The molecule has 2 unspecified atom stereocenters. The van der Waals surface area contributed by atoms with Crippen LogP contribution in [0.25, 0.3) is 0 Å². The van der Waals surface area contributed by atoms with Gasteiger partial charge in [0.1, 0.15) is 0 Å². The summed E-state index contributed by atoms with van der Waals surface area (Å²) in [6, 6.07) is 8.32. The first kappa shape index (κ1) is 14.6. The number of aliphatic hydroxyl groups is 1. The van der Waals surface area contributed by atoms with E-state index in [1.54, 1.807) is 0 Å². The zero-order valence-corrected chi connectivity index (χ0v) is 11.7. The molecule has 3 heteroatoms. The third-order valence-electron chi connectivity index (χ3n) is 2.90. The predicted molar refractivity (Wildman–Crippen MR) is 75.2 cm³/mol. The van der Waals surface area contributed by atoms with E-state index < -0.39 is 0 Å². The number of rotatable bonds is 6. The van der Waals surface area contributed by atoms with Crippen molar-refractivity contribution in [2.24, 2.45) is 11.7 Å². The summed E-state index contributed by atoms with van der Waals surface area (Å²) in [5, 5.41) is 9.84. The lowest BCUT2D eigenvalue weighted by Gasteiger charge is -2.21. The smallest absolute Gasteiger partial charge is 0.0477 e. The zero-order chi connectivity index (χ0) is 12.8. The number of aliphatic hydroxyl groups excluding tert-OH is 1. The van der Waals surface area contributed by atoms with E-state index in [-0.39, 0.29) is 18.6 Å². The van der Waals surface area contributed by atoms with Gasteiger partial charge in [0.05, 0.1) is 0 Å². The third kappa shape index (κ3) is 4.34. The van der Waals surface area contributed by atoms with Crippen LogP contribution in [-0.4, -0.2) is 17.0 Å². The molecule has 0 saturated carbocycles. The summed E-state index contributed by atoms with van der Waals surface area (Å²) in [4.78, 5) is 1.27. The molecule has 0 saturated heterocycles. The first-order chi connectivity index (χ1) is 8.08. The Labute approximate surface area is 109 Å². The van der Waals surface area contributed by atoms with Gasteiger partial charge in [-0.1, -0.05) is 32.9 Å². The van der Waals surface area contributed by atoms with Crippen molar-refractivity contribution in [2.45, 2.75) is 43.4 Å². The Morgan fingerprint density at radius 2 is 1.82 bits per heavy atom. The van der Waals surface area contributed by atoms with Gasteiger partial charge in [0.15, 0.2) is 0 Å². The van der Waals surface area contributed by atoms with Crippen molar-refractivity contribution < 1.29 is 5.11 Å². The predicted octanol–water partition coefficient (Wildman–Crippen LogP) is 3.21. The molecule has 3 N–H and O–H groups in total. The fraction of sp³-hybridized carbons (Fsp3) is 0.571. The average molecular weight is 253 g/mol. The Bertz CT molecular complexity index is 319. The summed E-state index contributed by atoms with van der Waals surface area (Å²) in [5.41, 5.74) is 7.25. The van der Waals surface area contributed by atoms with E-state index in [2.05, 4.69) is 45.0 Å². The van der Waals surface area contributed by atoms with Crippen molar-refractivity contribution in [1.29, 1.82) is 0 Å². The molecule has 2 atom stereocenters. The van der Waals surface area contributed by atoms with Gasteiger partial charge in [-0.05, 0) is 24.1 Å². The van der Waals surface area contributed by atoms with E-state index in [9.17, 15) is 5.11 Å². The van der Waals surface area contributed by atoms with Gasteiger partial charge in [-0.15, -0.1) is 11.8 Å². The maximum atomic E-state index is 9.25. The molecule has 0 aromatic heterocycles. The molecule has 2 nitrogen and oxygen atoms in total. The van der Waals surface area contributed by atoms with Crippen LogP contribution in [-0.2, 0) is 0 Å². The SMILES string of the molecule is CCC(CO)C(N)c1ccc(SC(C)C)cc1. The van der Waals surface area contributed by atoms with E-state index in [0.717, 1.165) is 12.0 Å². The molecule has 0 spiro atoms. The highest BCUT2D eigenvalue weighted by Crippen LogP contribution is 2.26. The van der Waals surface area contributed by atoms with Crippen molar-refractivity contribution in [3.05, 3.63) is 29.8 Å². The minimum atomic E-state index is -0.0666. The molecule has 0 aliphatic carbocycles. The van der Waals surface area contributed by atoms with Crippen LogP contribution < -0.4 is 5.73 Å². The third-order valence-corrected chi connectivity index (χ3v) is 3.92. The molecule has 1 aromatic rings. The fourth-order valence-electron chi connectivity index (χ4n) is 1.81. The summed E-state index contributed by atoms with van der Waals surface area (Å²) in [5.74, 6) is 0.151. The lowest BCUT2D eigenvalue weighted by molar-refractivity contribution is 0.200. The minimum Gasteiger partial charge on any atom is -0.396 e. The van der Waals surface area contributed by atoms with Gasteiger partial charge in [-0.25, -0.2) is 0 Å². The van der Waals surface area contributed by atoms with Crippen LogP contribution in [0.2, 0.25) is 0 Å². The van der Waals surface area contributed by atoms with Gasteiger partial charge in [0.25, 0.3) is 0 Å². The Morgan fingerprint density at radius 1 is 1.24 bits per heavy atom. The summed E-state index contributed by atoms with van der Waals surface area (Å²) >= 11 is 1.85. The van der Waals surface area contributed by atoms with E-state index in [1.165, 1.54) is 4.90 Å². The second kappa shape index (κ2) is 7.04. The van der Waals surface area contributed by atoms with Gasteiger partial charge < -0.3 is 10.8 Å². The first-order valence-corrected chi connectivity index (χ1v) is 7.09. The maximum absolute atomic E-state index is 9.25. The highest BCUT2D eigenvalue weighted by atomic mass is 32.2. The Kier molecular flexibility index (Phi) is 6.03. The molecule has 96 valence electrons. The van der Waals surface area contributed by atoms with Crippen molar-refractivity contribution in [3.63, 3.8) is 0 Å². The van der Waals surface area contributed by atoms with Crippen LogP contribution in [0.1, 0.15) is 38.8 Å². The summed E-state index contributed by atoms with van der Waals surface area (Å²) in [6.45, 7) is 6.58. The zero-order valence-electron chi connectivity index (χ0n) is 10.9. The molecule has 0 radical (unpaired) electrons. The van der Waals surface area contributed by atoms with E-state index in [1.807, 2.05) is 11.8 Å². The Hall–Kier alpha value is -0.510. The molecule has 1 rings (SSSR count). The largest absolute Gasteiger partial charge is 0.396 e. The molecule has 0 amide bonds. The number of thioether (sulfide) groups is 1. The molecule has 0 fully saturated rings. The quantitative estimate of drug-likeness (QED) is 0.765. The Morgan fingerprint density at radius 3 is 2.24 bits per heavy atom. The monoisotopic (exact) mass is 253 g/mol. The van der Waals surface area contributed by atoms with Gasteiger partial charge in [-0.2, -0.15) is 0 Å². The molecule has 0 aliphatic rings. The highest BCUT2D eigenvalue weighted by Gasteiger charge is 2.16. The van der Waals surface area contributed by atoms with Gasteiger partial charge in [-0.3, -0.25) is 0 Å². The molecule has 0 bridgehead atoms. The lowest BCUT2D eigenvalue weighted by Crippen LogP contribution is -2.23. The second-order valence-electron chi connectivity index (χ2n) is 4.61.